The summed E-state index contributed by atoms with van der Waals surface area (Å²) >= 11 is 1.40. The van der Waals surface area contributed by atoms with Gasteiger partial charge in [-0.1, -0.05) is 18.2 Å². The minimum Gasteiger partial charge on any atom is -0.393 e. The van der Waals surface area contributed by atoms with Crippen molar-refractivity contribution >= 4 is 29.0 Å². The Hall–Kier alpha value is -2.68. The topological polar surface area (TPSA) is 98.3 Å². The minimum absolute atomic E-state index is 0.224. The second kappa shape index (κ2) is 8.43. The van der Waals surface area contributed by atoms with Crippen molar-refractivity contribution in [2.24, 2.45) is 0 Å². The Balaban J connectivity index is 1.89. The van der Waals surface area contributed by atoms with E-state index in [4.69, 9.17) is 5.73 Å². The fourth-order valence-electron chi connectivity index (χ4n) is 2.07. The Labute approximate surface area is 146 Å². The van der Waals surface area contributed by atoms with E-state index in [2.05, 4.69) is 5.32 Å². The molecule has 0 aliphatic carbocycles. The highest BCUT2D eigenvalue weighted by Gasteiger charge is 2.21. The molecule has 0 spiro atoms. The number of nitro groups is 1. The Morgan fingerprint density at radius 3 is 2.68 bits per heavy atom. The molecule has 0 saturated heterocycles. The van der Waals surface area contributed by atoms with Crippen LogP contribution in [0.3, 0.4) is 0 Å². The van der Waals surface area contributed by atoms with Crippen LogP contribution in [-0.4, -0.2) is 23.1 Å². The zero-order chi connectivity index (χ0) is 18.4. The van der Waals surface area contributed by atoms with Gasteiger partial charge in [0.15, 0.2) is 0 Å². The molecule has 132 valence electrons. The molecule has 0 aliphatic heterocycles. The Morgan fingerprint density at radius 2 is 2.00 bits per heavy atom. The molecule has 0 atom stereocenters. The zero-order valence-electron chi connectivity index (χ0n) is 13.0. The van der Waals surface area contributed by atoms with Gasteiger partial charge in [0.1, 0.15) is 17.3 Å². The minimum atomic E-state index is -0.917. The van der Waals surface area contributed by atoms with Crippen LogP contribution < -0.4 is 11.1 Å². The van der Waals surface area contributed by atoms with Gasteiger partial charge < -0.3 is 11.1 Å². The number of rotatable bonds is 7. The fourth-order valence-corrected chi connectivity index (χ4v) is 2.92. The van der Waals surface area contributed by atoms with Crippen molar-refractivity contribution in [1.82, 2.24) is 5.32 Å². The summed E-state index contributed by atoms with van der Waals surface area (Å²) in [6, 6.07) is 7.90. The number of nitrogens with zero attached hydrogens (tertiary/aromatic N) is 1. The number of amides is 1. The summed E-state index contributed by atoms with van der Waals surface area (Å²) in [6.07, 6.45) is 0. The van der Waals surface area contributed by atoms with Crippen LogP contribution in [0.5, 0.6) is 0 Å². The number of halogens is 2. The van der Waals surface area contributed by atoms with Gasteiger partial charge in [0.2, 0.25) is 0 Å². The van der Waals surface area contributed by atoms with E-state index in [-0.39, 0.29) is 23.6 Å². The third-order valence-electron chi connectivity index (χ3n) is 3.31. The predicted octanol–water partition coefficient (Wildman–Crippen LogP) is 3.12. The summed E-state index contributed by atoms with van der Waals surface area (Å²) in [7, 11) is 0. The number of anilines is 1. The van der Waals surface area contributed by atoms with E-state index < -0.39 is 22.3 Å². The van der Waals surface area contributed by atoms with Crippen molar-refractivity contribution in [3.05, 3.63) is 69.3 Å². The zero-order valence-corrected chi connectivity index (χ0v) is 13.8. The predicted molar refractivity (Wildman–Crippen MR) is 92.4 cm³/mol. The van der Waals surface area contributed by atoms with Crippen molar-refractivity contribution in [1.29, 1.82) is 0 Å². The molecule has 0 radical (unpaired) electrons. The van der Waals surface area contributed by atoms with Crippen molar-refractivity contribution in [3.63, 3.8) is 0 Å². The summed E-state index contributed by atoms with van der Waals surface area (Å²) in [5.74, 6) is -0.988. The lowest BCUT2D eigenvalue weighted by molar-refractivity contribution is -0.384. The summed E-state index contributed by atoms with van der Waals surface area (Å²) in [5, 5.41) is 13.3. The van der Waals surface area contributed by atoms with E-state index in [1.54, 1.807) is 18.2 Å². The van der Waals surface area contributed by atoms with Gasteiger partial charge in [0, 0.05) is 18.1 Å². The van der Waals surface area contributed by atoms with Gasteiger partial charge in [-0.2, -0.15) is 11.8 Å². The van der Waals surface area contributed by atoms with Crippen LogP contribution in [0.2, 0.25) is 0 Å². The maximum atomic E-state index is 13.4. The van der Waals surface area contributed by atoms with Gasteiger partial charge in [-0.05, 0) is 17.7 Å². The lowest BCUT2D eigenvalue weighted by Gasteiger charge is -2.08. The number of nitrogen functional groups attached to an aromatic ring is 1. The molecule has 0 saturated carbocycles. The lowest BCUT2D eigenvalue weighted by Crippen LogP contribution is -2.27. The molecule has 2 aromatic rings. The van der Waals surface area contributed by atoms with Gasteiger partial charge in [-0.3, -0.25) is 14.9 Å². The summed E-state index contributed by atoms with van der Waals surface area (Å²) < 4.78 is 26.9. The molecule has 1 amide bonds. The molecule has 0 aromatic heterocycles. The smallest absolute Gasteiger partial charge is 0.295 e. The largest absolute Gasteiger partial charge is 0.393 e. The molecule has 3 N–H and O–H groups in total. The quantitative estimate of drug-likeness (QED) is 0.339. The maximum Gasteiger partial charge on any atom is 0.295 e. The van der Waals surface area contributed by atoms with Crippen LogP contribution >= 0.6 is 11.8 Å². The number of hydrogen-bond donors (Lipinski definition) is 2. The average molecular weight is 367 g/mol. The first-order chi connectivity index (χ1) is 11.9. The van der Waals surface area contributed by atoms with Crippen LogP contribution in [0.4, 0.5) is 20.2 Å². The summed E-state index contributed by atoms with van der Waals surface area (Å²) in [4.78, 5) is 22.0. The van der Waals surface area contributed by atoms with Gasteiger partial charge in [0.25, 0.3) is 11.6 Å². The lowest BCUT2D eigenvalue weighted by atomic mass is 10.1. The standard InChI is InChI=1S/C16H15F2N3O3S/c17-11-7-12(15(19)14(8-11)21(23)24)16(22)20-5-6-25-9-10-3-1-2-4-13(10)18/h1-4,7-8H,5-6,9,19H2,(H,20,22). The second-order valence-corrected chi connectivity index (χ2v) is 6.15. The molecular formula is C16H15F2N3O3S. The number of nitro benzene ring substituents is 1. The fraction of sp³-hybridized carbons (Fsp3) is 0.188. The SMILES string of the molecule is Nc1c(C(=O)NCCSCc2ccccc2F)cc(F)cc1[N+](=O)[O-]. The summed E-state index contributed by atoms with van der Waals surface area (Å²) in [5.41, 5.74) is 4.79. The molecule has 0 unspecified atom stereocenters. The van der Waals surface area contributed by atoms with E-state index in [1.165, 1.54) is 17.8 Å². The Morgan fingerprint density at radius 1 is 1.28 bits per heavy atom. The summed E-state index contributed by atoms with van der Waals surface area (Å²) in [6.45, 7) is 0.224. The van der Waals surface area contributed by atoms with Crippen LogP contribution in [0, 0.1) is 21.7 Å². The van der Waals surface area contributed by atoms with Crippen LogP contribution in [-0.2, 0) is 5.75 Å². The monoisotopic (exact) mass is 367 g/mol. The number of carbonyl (C=O) groups excluding carboxylic acids is 1. The second-order valence-electron chi connectivity index (χ2n) is 5.04. The average Bonchev–Trinajstić information content (AvgIpc) is 2.57. The number of thioether (sulfide) groups is 1. The van der Waals surface area contributed by atoms with Gasteiger partial charge in [-0.15, -0.1) is 0 Å². The number of nitrogens with one attached hydrogen (secondary N) is 1. The third-order valence-corrected chi connectivity index (χ3v) is 4.32. The molecular weight excluding hydrogens is 352 g/mol. The molecule has 0 heterocycles. The molecule has 0 bridgehead atoms. The van der Waals surface area contributed by atoms with Crippen LogP contribution in [0.15, 0.2) is 36.4 Å². The van der Waals surface area contributed by atoms with E-state index in [9.17, 15) is 23.7 Å². The molecule has 2 aromatic carbocycles. The maximum absolute atomic E-state index is 13.4. The van der Waals surface area contributed by atoms with E-state index in [1.807, 2.05) is 0 Å². The Bertz CT molecular complexity index is 802. The van der Waals surface area contributed by atoms with Crippen LogP contribution in [0.1, 0.15) is 15.9 Å². The number of hydrogen-bond acceptors (Lipinski definition) is 5. The molecule has 2 rings (SSSR count). The first-order valence-corrected chi connectivity index (χ1v) is 8.38. The highest BCUT2D eigenvalue weighted by atomic mass is 32.2. The number of nitrogens with two attached hydrogens (primary N) is 1. The number of benzene rings is 2. The van der Waals surface area contributed by atoms with Gasteiger partial charge >= 0.3 is 0 Å². The molecule has 0 aliphatic rings. The van der Waals surface area contributed by atoms with Gasteiger partial charge in [0.05, 0.1) is 16.6 Å². The van der Waals surface area contributed by atoms with E-state index in [0.29, 0.717) is 23.1 Å². The first-order valence-electron chi connectivity index (χ1n) is 7.23. The van der Waals surface area contributed by atoms with Crippen molar-refractivity contribution in [2.75, 3.05) is 18.0 Å². The third kappa shape index (κ3) is 4.90. The molecule has 0 fully saturated rings. The Kier molecular flexibility index (Phi) is 6.29. The number of carbonyl (C=O) groups is 1. The molecule has 9 heteroatoms. The van der Waals surface area contributed by atoms with Crippen molar-refractivity contribution in [3.8, 4) is 0 Å². The van der Waals surface area contributed by atoms with E-state index in [0.717, 1.165) is 6.07 Å². The highest BCUT2D eigenvalue weighted by Crippen LogP contribution is 2.26. The first kappa shape index (κ1) is 18.7. The van der Waals surface area contributed by atoms with Gasteiger partial charge in [-0.25, -0.2) is 8.78 Å². The highest BCUT2D eigenvalue weighted by molar-refractivity contribution is 7.98. The normalized spacial score (nSPS) is 10.5. The van der Waals surface area contributed by atoms with E-state index >= 15 is 0 Å². The molecule has 25 heavy (non-hydrogen) atoms. The molecule has 6 nitrogen and oxygen atoms in total. The van der Waals surface area contributed by atoms with Crippen molar-refractivity contribution < 1.29 is 18.5 Å². The van der Waals surface area contributed by atoms with Crippen molar-refractivity contribution in [2.45, 2.75) is 5.75 Å². The van der Waals surface area contributed by atoms with Crippen LogP contribution in [0.25, 0.3) is 0 Å².